The molecule has 0 fully saturated rings. The number of quaternary nitrogens is 1. The summed E-state index contributed by atoms with van der Waals surface area (Å²) in [7, 11) is 1.15. The molecule has 3 atom stereocenters. The van der Waals surface area contributed by atoms with Crippen LogP contribution in [-0.4, -0.2) is 69.4 Å². The van der Waals surface area contributed by atoms with Gasteiger partial charge in [0.25, 0.3) is 7.82 Å². The number of phosphoric acid groups is 1. The first-order valence-corrected chi connectivity index (χ1v) is 29.7. The summed E-state index contributed by atoms with van der Waals surface area (Å²) in [6.07, 6.45) is 61.5. The van der Waals surface area contributed by atoms with Gasteiger partial charge in [0.1, 0.15) is 19.3 Å². The van der Waals surface area contributed by atoms with Crippen molar-refractivity contribution in [3.05, 3.63) is 72.9 Å². The summed E-state index contributed by atoms with van der Waals surface area (Å²) in [5.74, 6) is -0.599. The van der Waals surface area contributed by atoms with Crippen molar-refractivity contribution in [1.82, 2.24) is 5.32 Å². The van der Waals surface area contributed by atoms with Crippen LogP contribution in [0.1, 0.15) is 239 Å². The number of nitrogens with zero attached hydrogens (tertiary/aromatic N) is 1. The smallest absolute Gasteiger partial charge is 0.306 e. The van der Waals surface area contributed by atoms with Gasteiger partial charge in [-0.25, -0.2) is 0 Å². The molecule has 10 heteroatoms. The van der Waals surface area contributed by atoms with Crippen molar-refractivity contribution < 1.29 is 37.3 Å². The SMILES string of the molecule is CCCCC/C=C\C/C=C\C/C=C\C/C=C\CCCCCC(=O)NC(COP(=O)([O-])OCC[N+](C)(C)C)C(/C=C\CCCCCCCCCCC)OC(=O)CCCCC/C=C\CCCCCCCC. The number of esters is 1. The molecule has 1 amide bonds. The van der Waals surface area contributed by atoms with E-state index in [1.165, 1.54) is 109 Å². The third kappa shape index (κ3) is 50.2. The molecule has 0 bridgehead atoms. The molecular weight excluding hydrogens is 880 g/mol. The van der Waals surface area contributed by atoms with E-state index in [2.05, 4.69) is 86.8 Å². The molecule has 1 N–H and O–H groups in total. The normalized spacial score (nSPS) is 14.4. The molecule has 0 heterocycles. The summed E-state index contributed by atoms with van der Waals surface area (Å²) in [6, 6.07) is -0.912. The Morgan fingerprint density at radius 1 is 0.507 bits per heavy atom. The number of hydrogen-bond acceptors (Lipinski definition) is 7. The highest BCUT2D eigenvalue weighted by atomic mass is 31.2. The molecule has 0 aliphatic carbocycles. The second-order valence-electron chi connectivity index (χ2n) is 20.1. The van der Waals surface area contributed by atoms with Gasteiger partial charge in [-0.2, -0.15) is 0 Å². The lowest BCUT2D eigenvalue weighted by atomic mass is 10.1. The van der Waals surface area contributed by atoms with Gasteiger partial charge in [0.15, 0.2) is 0 Å². The van der Waals surface area contributed by atoms with Crippen LogP contribution >= 0.6 is 7.82 Å². The van der Waals surface area contributed by atoms with Gasteiger partial charge < -0.3 is 28.5 Å². The van der Waals surface area contributed by atoms with E-state index in [9.17, 15) is 19.0 Å². The summed E-state index contributed by atoms with van der Waals surface area (Å²) in [4.78, 5) is 39.8. The van der Waals surface area contributed by atoms with Gasteiger partial charge in [-0.05, 0) is 102 Å². The predicted octanol–water partition coefficient (Wildman–Crippen LogP) is 16.3. The van der Waals surface area contributed by atoms with Crippen molar-refractivity contribution >= 4 is 19.7 Å². The van der Waals surface area contributed by atoms with Crippen LogP contribution in [0.25, 0.3) is 0 Å². The van der Waals surface area contributed by atoms with Crippen LogP contribution < -0.4 is 10.2 Å². The largest absolute Gasteiger partial charge is 0.756 e. The zero-order valence-corrected chi connectivity index (χ0v) is 46.4. The summed E-state index contributed by atoms with van der Waals surface area (Å²) in [5, 5.41) is 2.99. The van der Waals surface area contributed by atoms with E-state index in [4.69, 9.17) is 13.8 Å². The van der Waals surface area contributed by atoms with Gasteiger partial charge in [-0.15, -0.1) is 0 Å². The lowest BCUT2D eigenvalue weighted by molar-refractivity contribution is -0.870. The maximum Gasteiger partial charge on any atom is 0.306 e. The van der Waals surface area contributed by atoms with Gasteiger partial charge in [-0.3, -0.25) is 14.2 Å². The minimum atomic E-state index is -4.71. The Balaban J connectivity index is 5.40. The molecule has 0 radical (unpaired) electrons. The standard InChI is InChI=1S/C59H107N2O7P/c1-7-10-13-16-19-22-25-27-28-29-30-31-32-34-36-39-42-45-48-51-58(62)60-56(55-67-69(64,65)66-54-53-61(4,5)6)57(50-47-44-41-38-35-24-21-18-15-12-9-3)68-59(63)52-49-46-43-40-37-33-26-23-20-17-14-11-8-2/h19,22,27-28,30-31,33-34,36-37,47,50,56-57H,7-18,20-21,23-26,29,32,35,38-46,48-49,51-55H2,1-6H3,(H-,60,62,64,65)/b22-19-,28-27-,31-30-,36-34-,37-33-,50-47-. The number of nitrogens with one attached hydrogen (secondary N) is 1. The zero-order chi connectivity index (χ0) is 50.8. The van der Waals surface area contributed by atoms with E-state index in [1.54, 1.807) is 0 Å². The van der Waals surface area contributed by atoms with E-state index in [0.29, 0.717) is 23.9 Å². The van der Waals surface area contributed by atoms with E-state index < -0.39 is 26.6 Å². The van der Waals surface area contributed by atoms with E-state index >= 15 is 0 Å². The van der Waals surface area contributed by atoms with Crippen molar-refractivity contribution in [2.45, 2.75) is 251 Å². The van der Waals surface area contributed by atoms with E-state index in [1.807, 2.05) is 33.3 Å². The number of phosphoric ester groups is 1. The van der Waals surface area contributed by atoms with Crippen LogP contribution in [0, 0.1) is 0 Å². The van der Waals surface area contributed by atoms with Crippen molar-refractivity contribution in [3.63, 3.8) is 0 Å². The summed E-state index contributed by atoms with van der Waals surface area (Å²) in [6.45, 7) is 6.75. The van der Waals surface area contributed by atoms with Crippen LogP contribution in [0.2, 0.25) is 0 Å². The number of carbonyl (C=O) groups excluding carboxylic acids is 2. The van der Waals surface area contributed by atoms with Crippen LogP contribution in [0.4, 0.5) is 0 Å². The first kappa shape index (κ1) is 66.5. The Kier molecular flexibility index (Phi) is 47.2. The van der Waals surface area contributed by atoms with Gasteiger partial charge in [-0.1, -0.05) is 197 Å². The lowest BCUT2D eigenvalue weighted by Crippen LogP contribution is -2.47. The van der Waals surface area contributed by atoms with Crippen LogP contribution in [0.3, 0.4) is 0 Å². The molecule has 3 unspecified atom stereocenters. The van der Waals surface area contributed by atoms with Crippen molar-refractivity contribution in [2.24, 2.45) is 0 Å². The van der Waals surface area contributed by atoms with E-state index in [-0.39, 0.29) is 31.3 Å². The number of likely N-dealkylation sites (N-methyl/N-ethyl adjacent to an activating group) is 1. The van der Waals surface area contributed by atoms with Crippen LogP contribution in [0.5, 0.6) is 0 Å². The highest BCUT2D eigenvalue weighted by Crippen LogP contribution is 2.38. The molecule has 9 nitrogen and oxygen atoms in total. The second kappa shape index (κ2) is 49.0. The number of carbonyl (C=O) groups is 2. The molecule has 0 aliphatic heterocycles. The van der Waals surface area contributed by atoms with Crippen molar-refractivity contribution in [2.75, 3.05) is 40.9 Å². The Morgan fingerprint density at radius 3 is 1.36 bits per heavy atom. The van der Waals surface area contributed by atoms with Crippen LogP contribution in [-0.2, 0) is 27.9 Å². The topological polar surface area (TPSA) is 114 Å². The number of ether oxygens (including phenoxy) is 1. The lowest BCUT2D eigenvalue weighted by Gasteiger charge is -2.30. The Labute approximate surface area is 425 Å². The fourth-order valence-electron chi connectivity index (χ4n) is 7.67. The molecule has 0 spiro atoms. The quantitative estimate of drug-likeness (QED) is 0.0212. The minimum Gasteiger partial charge on any atom is -0.756 e. The first-order valence-electron chi connectivity index (χ1n) is 28.2. The predicted molar refractivity (Wildman–Crippen MR) is 293 cm³/mol. The highest BCUT2D eigenvalue weighted by molar-refractivity contribution is 7.45. The zero-order valence-electron chi connectivity index (χ0n) is 45.5. The Hall–Kier alpha value is -2.55. The highest BCUT2D eigenvalue weighted by Gasteiger charge is 2.27. The van der Waals surface area contributed by atoms with Gasteiger partial charge in [0.05, 0.1) is 33.8 Å². The van der Waals surface area contributed by atoms with Gasteiger partial charge in [0.2, 0.25) is 5.91 Å². The molecule has 0 aliphatic rings. The van der Waals surface area contributed by atoms with Crippen LogP contribution in [0.15, 0.2) is 72.9 Å². The monoisotopic (exact) mass is 987 g/mol. The van der Waals surface area contributed by atoms with Crippen molar-refractivity contribution in [1.29, 1.82) is 0 Å². The fraction of sp³-hybridized carbons (Fsp3) is 0.763. The van der Waals surface area contributed by atoms with E-state index in [0.717, 1.165) is 83.5 Å². The Bertz CT molecular complexity index is 1420. The molecule has 0 aromatic heterocycles. The molecule has 0 rings (SSSR count). The third-order valence-electron chi connectivity index (χ3n) is 12.1. The average molecular weight is 987 g/mol. The summed E-state index contributed by atoms with van der Waals surface area (Å²) in [5.41, 5.74) is 0. The molecule has 0 aromatic carbocycles. The number of rotatable bonds is 50. The molecule has 0 aromatic rings. The molecule has 0 saturated heterocycles. The second-order valence-corrected chi connectivity index (χ2v) is 21.5. The number of amides is 1. The minimum absolute atomic E-state index is 0.0334. The first-order chi connectivity index (χ1) is 33.4. The molecule has 400 valence electrons. The maximum absolute atomic E-state index is 13.5. The molecule has 69 heavy (non-hydrogen) atoms. The number of allylic oxidation sites excluding steroid dienone is 11. The fourth-order valence-corrected chi connectivity index (χ4v) is 8.40. The Morgan fingerprint density at radius 2 is 0.884 bits per heavy atom. The third-order valence-corrected chi connectivity index (χ3v) is 13.1. The average Bonchev–Trinajstić information content (AvgIpc) is 3.31. The molecular formula is C59H107N2O7P. The molecule has 0 saturated carbocycles. The van der Waals surface area contributed by atoms with Gasteiger partial charge in [0, 0.05) is 12.8 Å². The summed E-state index contributed by atoms with van der Waals surface area (Å²) < 4.78 is 30.1. The number of hydrogen-bond donors (Lipinski definition) is 1. The van der Waals surface area contributed by atoms with Crippen molar-refractivity contribution in [3.8, 4) is 0 Å². The number of unbranched alkanes of at least 4 members (excludes halogenated alkanes) is 24. The van der Waals surface area contributed by atoms with Gasteiger partial charge >= 0.3 is 5.97 Å². The maximum atomic E-state index is 13.5. The summed E-state index contributed by atoms with van der Waals surface area (Å²) >= 11 is 0.